The highest BCUT2D eigenvalue weighted by atomic mass is 35.5. The molecule has 1 aliphatic rings. The zero-order valence-corrected chi connectivity index (χ0v) is 21.5. The van der Waals surface area contributed by atoms with Gasteiger partial charge in [-0.15, -0.1) is 23.7 Å². The molecule has 1 aliphatic heterocycles. The number of pyridine rings is 1. The van der Waals surface area contributed by atoms with Gasteiger partial charge in [0.2, 0.25) is 0 Å². The number of hydrogen-bond acceptors (Lipinski definition) is 6. The summed E-state index contributed by atoms with van der Waals surface area (Å²) in [6.07, 6.45) is 1.79. The second kappa shape index (κ2) is 9.44. The first kappa shape index (κ1) is 24.3. The Balaban J connectivity index is 0.00000259. The van der Waals surface area contributed by atoms with E-state index < -0.39 is 10.0 Å². The summed E-state index contributed by atoms with van der Waals surface area (Å²) in [7, 11) is -3.88. The van der Waals surface area contributed by atoms with E-state index in [0.717, 1.165) is 47.5 Å². The minimum atomic E-state index is -3.88. The number of anilines is 2. The van der Waals surface area contributed by atoms with E-state index in [-0.39, 0.29) is 17.3 Å². The molecule has 2 aromatic carbocycles. The summed E-state index contributed by atoms with van der Waals surface area (Å²) in [6, 6.07) is 10.7. The molecule has 1 saturated heterocycles. The Hall–Kier alpha value is -1.81. The maximum absolute atomic E-state index is 13.4. The second-order valence-electron chi connectivity index (χ2n) is 7.65. The number of hydrogen-bond donors (Lipinski definition) is 2. The van der Waals surface area contributed by atoms with Crippen molar-refractivity contribution in [2.45, 2.75) is 11.8 Å². The van der Waals surface area contributed by atoms with Crippen molar-refractivity contribution in [1.82, 2.24) is 10.3 Å². The fourth-order valence-corrected chi connectivity index (χ4v) is 7.86. The highest BCUT2D eigenvalue weighted by molar-refractivity contribution is 7.93. The standard InChI is InChI=1S/C22H20Cl2N4O2S2.ClH/c1-13-22(21-17(24)10-14(23)11-20(21)31-13)32(29,30)27-15-2-3-18-16(12-15)19(4-5-26-18)28-8-6-25-7-9-28;/h2-5,10-12,25,27H,6-9H2,1H3;1H. The van der Waals surface area contributed by atoms with Gasteiger partial charge in [-0.1, -0.05) is 23.2 Å². The van der Waals surface area contributed by atoms with Gasteiger partial charge in [-0.3, -0.25) is 9.71 Å². The molecule has 3 heterocycles. The van der Waals surface area contributed by atoms with Crippen LogP contribution >= 0.6 is 46.9 Å². The molecule has 4 aromatic rings. The van der Waals surface area contributed by atoms with Crippen molar-refractivity contribution in [1.29, 1.82) is 0 Å². The van der Waals surface area contributed by atoms with Gasteiger partial charge in [-0.05, 0) is 43.3 Å². The van der Waals surface area contributed by atoms with Gasteiger partial charge in [-0.2, -0.15) is 0 Å². The topological polar surface area (TPSA) is 74.3 Å². The lowest BCUT2D eigenvalue weighted by molar-refractivity contribution is 0.590. The third kappa shape index (κ3) is 4.60. The summed E-state index contributed by atoms with van der Waals surface area (Å²) in [4.78, 5) is 7.58. The number of nitrogens with zero attached hydrogens (tertiary/aromatic N) is 2. The van der Waals surface area contributed by atoms with E-state index in [9.17, 15) is 8.42 Å². The number of sulfonamides is 1. The monoisotopic (exact) mass is 542 g/mol. The molecule has 6 nitrogen and oxygen atoms in total. The van der Waals surface area contributed by atoms with E-state index in [0.29, 0.717) is 26.0 Å². The summed E-state index contributed by atoms with van der Waals surface area (Å²) in [5.74, 6) is 0. The van der Waals surface area contributed by atoms with Crippen molar-refractivity contribution in [3.05, 3.63) is 57.5 Å². The van der Waals surface area contributed by atoms with Crippen LogP contribution in [-0.4, -0.2) is 39.6 Å². The molecule has 1 fully saturated rings. The van der Waals surface area contributed by atoms with Crippen molar-refractivity contribution >= 4 is 89.3 Å². The van der Waals surface area contributed by atoms with Crippen LogP contribution in [0.25, 0.3) is 21.0 Å². The van der Waals surface area contributed by atoms with Gasteiger partial charge >= 0.3 is 0 Å². The summed E-state index contributed by atoms with van der Waals surface area (Å²) in [6.45, 7) is 5.36. The number of benzene rings is 2. The minimum Gasteiger partial charge on any atom is -0.368 e. The van der Waals surface area contributed by atoms with Gasteiger partial charge < -0.3 is 10.2 Å². The van der Waals surface area contributed by atoms with Gasteiger partial charge in [0.05, 0.1) is 10.5 Å². The molecule has 0 radical (unpaired) electrons. The third-order valence-corrected chi connectivity index (χ3v) is 8.78. The first-order valence-corrected chi connectivity index (χ1v) is 13.1. The van der Waals surface area contributed by atoms with E-state index in [2.05, 4.69) is 19.9 Å². The Bertz CT molecular complexity index is 1450. The van der Waals surface area contributed by atoms with Crippen molar-refractivity contribution < 1.29 is 8.42 Å². The van der Waals surface area contributed by atoms with Crippen molar-refractivity contribution in [2.24, 2.45) is 0 Å². The molecule has 2 aromatic heterocycles. The number of aromatic nitrogens is 1. The van der Waals surface area contributed by atoms with Crippen molar-refractivity contribution in [3.63, 3.8) is 0 Å². The largest absolute Gasteiger partial charge is 0.368 e. The van der Waals surface area contributed by atoms with Crippen LogP contribution in [0, 0.1) is 6.92 Å². The predicted octanol–water partition coefficient (Wildman–Crippen LogP) is 5.70. The van der Waals surface area contributed by atoms with Crippen LogP contribution in [0.2, 0.25) is 10.0 Å². The molecule has 0 unspecified atom stereocenters. The zero-order chi connectivity index (χ0) is 22.5. The second-order valence-corrected chi connectivity index (χ2v) is 11.4. The zero-order valence-electron chi connectivity index (χ0n) is 17.6. The molecule has 0 bridgehead atoms. The highest BCUT2D eigenvalue weighted by Gasteiger charge is 2.25. The summed E-state index contributed by atoms with van der Waals surface area (Å²) < 4.78 is 30.3. The Morgan fingerprint density at radius 1 is 1.12 bits per heavy atom. The molecule has 0 atom stereocenters. The average Bonchev–Trinajstić information content (AvgIpc) is 3.10. The summed E-state index contributed by atoms with van der Waals surface area (Å²) in [5, 5.41) is 5.55. The Morgan fingerprint density at radius 3 is 2.64 bits per heavy atom. The first-order chi connectivity index (χ1) is 15.3. The lowest BCUT2D eigenvalue weighted by atomic mass is 10.1. The summed E-state index contributed by atoms with van der Waals surface area (Å²) in [5.41, 5.74) is 2.34. The number of thiophene rings is 1. The van der Waals surface area contributed by atoms with Gasteiger partial charge in [0.1, 0.15) is 4.90 Å². The molecule has 0 spiro atoms. The van der Waals surface area contributed by atoms with Crippen LogP contribution in [0.1, 0.15) is 4.88 Å². The van der Waals surface area contributed by atoms with E-state index in [1.165, 1.54) is 11.3 Å². The number of fused-ring (bicyclic) bond motifs is 2. The van der Waals surface area contributed by atoms with Crippen LogP contribution in [-0.2, 0) is 10.0 Å². The molecule has 0 amide bonds. The molecule has 2 N–H and O–H groups in total. The van der Waals surface area contributed by atoms with Crippen LogP contribution in [0.3, 0.4) is 0 Å². The number of halogens is 3. The van der Waals surface area contributed by atoms with Crippen molar-refractivity contribution in [3.8, 4) is 0 Å². The fourth-order valence-electron chi connectivity index (χ4n) is 4.14. The van der Waals surface area contributed by atoms with Gasteiger partial charge in [0.15, 0.2) is 0 Å². The van der Waals surface area contributed by atoms with Crippen LogP contribution in [0.15, 0.2) is 47.5 Å². The van der Waals surface area contributed by atoms with Gasteiger partial charge in [0, 0.05) is 69.1 Å². The Morgan fingerprint density at radius 2 is 1.88 bits per heavy atom. The first-order valence-electron chi connectivity index (χ1n) is 10.1. The van der Waals surface area contributed by atoms with Crippen LogP contribution in [0.4, 0.5) is 11.4 Å². The molecule has 174 valence electrons. The van der Waals surface area contributed by atoms with E-state index in [1.807, 2.05) is 18.2 Å². The quantitative estimate of drug-likeness (QED) is 0.346. The molecule has 33 heavy (non-hydrogen) atoms. The fraction of sp³-hybridized carbons (Fsp3) is 0.227. The van der Waals surface area contributed by atoms with E-state index in [4.69, 9.17) is 23.2 Å². The molecular weight excluding hydrogens is 523 g/mol. The SMILES string of the molecule is Cc1sc2cc(Cl)cc(Cl)c2c1S(=O)(=O)Nc1ccc2nccc(N3CCNCC3)c2c1.Cl. The maximum atomic E-state index is 13.4. The van der Waals surface area contributed by atoms with E-state index in [1.54, 1.807) is 31.3 Å². The van der Waals surface area contributed by atoms with E-state index >= 15 is 0 Å². The lowest BCUT2D eigenvalue weighted by Gasteiger charge is -2.30. The lowest BCUT2D eigenvalue weighted by Crippen LogP contribution is -2.43. The highest BCUT2D eigenvalue weighted by Crippen LogP contribution is 2.41. The molecule has 5 rings (SSSR count). The number of nitrogens with one attached hydrogen (secondary N) is 2. The maximum Gasteiger partial charge on any atom is 0.263 e. The average molecular weight is 544 g/mol. The number of rotatable bonds is 4. The van der Waals surface area contributed by atoms with Crippen LogP contribution < -0.4 is 14.9 Å². The number of piperazine rings is 1. The Kier molecular flexibility index (Phi) is 6.96. The van der Waals surface area contributed by atoms with Crippen LogP contribution in [0.5, 0.6) is 0 Å². The minimum absolute atomic E-state index is 0. The molecule has 0 aliphatic carbocycles. The summed E-state index contributed by atoms with van der Waals surface area (Å²) >= 11 is 13.9. The third-order valence-electron chi connectivity index (χ3n) is 5.53. The molecular formula is C22H21Cl3N4O2S2. The van der Waals surface area contributed by atoms with Crippen molar-refractivity contribution in [2.75, 3.05) is 35.8 Å². The number of aryl methyl sites for hydroxylation is 1. The molecule has 0 saturated carbocycles. The normalized spacial score (nSPS) is 14.5. The molecule has 11 heteroatoms. The van der Waals surface area contributed by atoms with Gasteiger partial charge in [-0.25, -0.2) is 8.42 Å². The Labute approximate surface area is 212 Å². The van der Waals surface area contributed by atoms with Gasteiger partial charge in [0.25, 0.3) is 10.0 Å². The smallest absolute Gasteiger partial charge is 0.263 e. The predicted molar refractivity (Wildman–Crippen MR) is 141 cm³/mol.